The van der Waals surface area contributed by atoms with Gasteiger partial charge in [-0.15, -0.1) is 0 Å². The molecule has 1 N–H and O–H groups in total. The van der Waals surface area contributed by atoms with Crippen molar-refractivity contribution in [3.63, 3.8) is 0 Å². The van der Waals surface area contributed by atoms with Crippen LogP contribution in [0.5, 0.6) is 0 Å². The average molecular weight is 352 g/mol. The molecule has 1 atom stereocenters. The summed E-state index contributed by atoms with van der Waals surface area (Å²) in [5.74, 6) is 0.0257. The van der Waals surface area contributed by atoms with Crippen LogP contribution >= 0.6 is 0 Å². The molecule has 0 radical (unpaired) electrons. The van der Waals surface area contributed by atoms with Crippen LogP contribution in [-0.2, 0) is 16.4 Å². The molecule has 1 aromatic rings. The molecular formula is C19H23F3N2O. The fourth-order valence-corrected chi connectivity index (χ4v) is 4.57. The molecule has 2 aliphatic heterocycles. The zero-order valence-electron chi connectivity index (χ0n) is 14.2. The predicted molar refractivity (Wildman–Crippen MR) is 88.1 cm³/mol. The Morgan fingerprint density at radius 1 is 1.16 bits per heavy atom. The maximum absolute atomic E-state index is 13.2. The Morgan fingerprint density at radius 3 is 2.60 bits per heavy atom. The number of piperidine rings is 1. The topological polar surface area (TPSA) is 32.3 Å². The number of rotatable bonds is 2. The van der Waals surface area contributed by atoms with Gasteiger partial charge in [0, 0.05) is 25.0 Å². The van der Waals surface area contributed by atoms with Crippen LogP contribution in [0.2, 0.25) is 0 Å². The molecule has 1 spiro atoms. The van der Waals surface area contributed by atoms with Crippen LogP contribution < -0.4 is 5.32 Å². The first-order chi connectivity index (χ1) is 11.8. The molecule has 0 aromatic heterocycles. The first kappa shape index (κ1) is 16.9. The molecule has 2 heterocycles. The van der Waals surface area contributed by atoms with Crippen molar-refractivity contribution in [2.75, 3.05) is 26.2 Å². The van der Waals surface area contributed by atoms with Gasteiger partial charge in [0.1, 0.15) is 0 Å². The molecule has 3 aliphatic rings. The number of nitrogens with zero attached hydrogens (tertiary/aromatic N) is 1. The standard InChI is InChI=1S/C19H23F3N2O/c20-19(21,22)15-4-1-3-14(11-15)18(6-7-18)16(25)24-10-2-5-17(13-24)8-9-23-12-17/h1,3-4,11,23H,2,5-10,12-13H2. The molecule has 1 saturated carbocycles. The second-order valence-electron chi connectivity index (χ2n) is 7.92. The van der Waals surface area contributed by atoms with Gasteiger partial charge >= 0.3 is 6.18 Å². The minimum atomic E-state index is -4.38. The van der Waals surface area contributed by atoms with E-state index >= 15 is 0 Å². The van der Waals surface area contributed by atoms with Gasteiger partial charge in [0.05, 0.1) is 11.0 Å². The average Bonchev–Trinajstić information content (AvgIpc) is 3.30. The van der Waals surface area contributed by atoms with Crippen molar-refractivity contribution in [1.29, 1.82) is 0 Å². The smallest absolute Gasteiger partial charge is 0.341 e. The van der Waals surface area contributed by atoms with E-state index in [2.05, 4.69) is 5.32 Å². The highest BCUT2D eigenvalue weighted by Crippen LogP contribution is 2.51. The third kappa shape index (κ3) is 2.94. The molecule has 136 valence electrons. The molecule has 1 unspecified atom stereocenters. The highest BCUT2D eigenvalue weighted by atomic mass is 19.4. The van der Waals surface area contributed by atoms with E-state index in [1.54, 1.807) is 6.07 Å². The fourth-order valence-electron chi connectivity index (χ4n) is 4.57. The molecule has 6 heteroatoms. The van der Waals surface area contributed by atoms with E-state index in [9.17, 15) is 18.0 Å². The maximum Gasteiger partial charge on any atom is 0.416 e. The summed E-state index contributed by atoms with van der Waals surface area (Å²) in [4.78, 5) is 15.1. The van der Waals surface area contributed by atoms with Crippen molar-refractivity contribution in [1.82, 2.24) is 10.2 Å². The van der Waals surface area contributed by atoms with Crippen LogP contribution in [0.4, 0.5) is 13.2 Å². The Labute approximate surface area is 145 Å². The highest BCUT2D eigenvalue weighted by Gasteiger charge is 2.54. The second-order valence-corrected chi connectivity index (χ2v) is 7.92. The quantitative estimate of drug-likeness (QED) is 0.885. The van der Waals surface area contributed by atoms with Crippen molar-refractivity contribution >= 4 is 5.91 Å². The lowest BCUT2D eigenvalue weighted by Gasteiger charge is -2.41. The highest BCUT2D eigenvalue weighted by molar-refractivity contribution is 5.91. The molecule has 3 fully saturated rings. The van der Waals surface area contributed by atoms with Gasteiger partial charge in [0.15, 0.2) is 0 Å². The van der Waals surface area contributed by atoms with Crippen molar-refractivity contribution in [2.45, 2.75) is 43.7 Å². The van der Waals surface area contributed by atoms with Crippen molar-refractivity contribution in [2.24, 2.45) is 5.41 Å². The Kier molecular flexibility index (Phi) is 3.87. The van der Waals surface area contributed by atoms with Gasteiger partial charge in [0.25, 0.3) is 0 Å². The third-order valence-corrected chi connectivity index (χ3v) is 6.18. The van der Waals surface area contributed by atoms with Crippen molar-refractivity contribution < 1.29 is 18.0 Å². The number of halogens is 3. The Balaban J connectivity index is 1.57. The number of benzene rings is 1. The number of carbonyl (C=O) groups excluding carboxylic acids is 1. The van der Waals surface area contributed by atoms with Gasteiger partial charge in [0.2, 0.25) is 5.91 Å². The largest absolute Gasteiger partial charge is 0.416 e. The van der Waals surface area contributed by atoms with Gasteiger partial charge in [-0.25, -0.2) is 0 Å². The van der Waals surface area contributed by atoms with E-state index < -0.39 is 17.2 Å². The molecule has 1 aliphatic carbocycles. The van der Waals surface area contributed by atoms with Crippen molar-refractivity contribution in [3.8, 4) is 0 Å². The molecule has 1 amide bonds. The van der Waals surface area contributed by atoms with Crippen LogP contribution in [-0.4, -0.2) is 37.0 Å². The number of alkyl halides is 3. The first-order valence-electron chi connectivity index (χ1n) is 9.03. The normalized spacial score (nSPS) is 28.4. The summed E-state index contributed by atoms with van der Waals surface area (Å²) in [6.45, 7) is 3.38. The van der Waals surface area contributed by atoms with Gasteiger partial charge in [-0.05, 0) is 50.3 Å². The number of hydrogen-bond donors (Lipinski definition) is 1. The van der Waals surface area contributed by atoms with E-state index in [1.807, 2.05) is 4.90 Å². The monoisotopic (exact) mass is 352 g/mol. The predicted octanol–water partition coefficient (Wildman–Crippen LogP) is 3.34. The Bertz CT molecular complexity index is 675. The number of nitrogens with one attached hydrogen (secondary N) is 1. The van der Waals surface area contributed by atoms with Gasteiger partial charge in [-0.2, -0.15) is 13.2 Å². The first-order valence-corrected chi connectivity index (χ1v) is 9.03. The zero-order valence-corrected chi connectivity index (χ0v) is 14.2. The number of carbonyl (C=O) groups is 1. The SMILES string of the molecule is O=C(N1CCCC2(CCNC2)C1)C1(c2cccc(C(F)(F)F)c2)CC1. The van der Waals surface area contributed by atoms with Crippen molar-refractivity contribution in [3.05, 3.63) is 35.4 Å². The third-order valence-electron chi connectivity index (χ3n) is 6.18. The zero-order chi connectivity index (χ0) is 17.7. The van der Waals surface area contributed by atoms with Crippen LogP contribution in [0.15, 0.2) is 24.3 Å². The lowest BCUT2D eigenvalue weighted by atomic mass is 9.78. The minimum absolute atomic E-state index is 0.0257. The summed E-state index contributed by atoms with van der Waals surface area (Å²) >= 11 is 0. The van der Waals surface area contributed by atoms with Crippen LogP contribution in [0.1, 0.15) is 43.2 Å². The van der Waals surface area contributed by atoms with E-state index in [4.69, 9.17) is 0 Å². The van der Waals surface area contributed by atoms with E-state index in [-0.39, 0.29) is 11.3 Å². The molecule has 3 nitrogen and oxygen atoms in total. The molecule has 0 bridgehead atoms. The van der Waals surface area contributed by atoms with Gasteiger partial charge in [-0.3, -0.25) is 4.79 Å². The molecule has 2 saturated heterocycles. The van der Waals surface area contributed by atoms with E-state index in [1.165, 1.54) is 12.1 Å². The summed E-state index contributed by atoms with van der Waals surface area (Å²) in [6.07, 6.45) is 0.101. The molecule has 25 heavy (non-hydrogen) atoms. The summed E-state index contributed by atoms with van der Waals surface area (Å²) in [5.41, 5.74) is -0.709. The maximum atomic E-state index is 13.2. The lowest BCUT2D eigenvalue weighted by molar-refractivity contribution is -0.139. The Hall–Kier alpha value is -1.56. The number of hydrogen-bond acceptors (Lipinski definition) is 2. The van der Waals surface area contributed by atoms with Crippen LogP contribution in [0, 0.1) is 5.41 Å². The number of likely N-dealkylation sites (tertiary alicyclic amines) is 1. The van der Waals surface area contributed by atoms with Gasteiger partial charge < -0.3 is 10.2 Å². The molecule has 1 aromatic carbocycles. The van der Waals surface area contributed by atoms with Gasteiger partial charge in [-0.1, -0.05) is 18.2 Å². The Morgan fingerprint density at radius 2 is 1.96 bits per heavy atom. The molecular weight excluding hydrogens is 329 g/mol. The van der Waals surface area contributed by atoms with E-state index in [0.29, 0.717) is 18.4 Å². The summed E-state index contributed by atoms with van der Waals surface area (Å²) in [5, 5.41) is 3.39. The molecule has 4 rings (SSSR count). The van der Waals surface area contributed by atoms with Crippen LogP contribution in [0.25, 0.3) is 0 Å². The van der Waals surface area contributed by atoms with Crippen LogP contribution in [0.3, 0.4) is 0 Å². The van der Waals surface area contributed by atoms with E-state index in [0.717, 1.165) is 51.5 Å². The fraction of sp³-hybridized carbons (Fsp3) is 0.632. The number of amides is 1. The lowest BCUT2D eigenvalue weighted by Crippen LogP contribution is -2.50. The second kappa shape index (κ2) is 5.73. The summed E-state index contributed by atoms with van der Waals surface area (Å²) < 4.78 is 39.1. The summed E-state index contributed by atoms with van der Waals surface area (Å²) in [7, 11) is 0. The summed E-state index contributed by atoms with van der Waals surface area (Å²) in [6, 6.07) is 5.34. The minimum Gasteiger partial charge on any atom is -0.341 e.